The van der Waals surface area contributed by atoms with E-state index in [1.54, 1.807) is 13.0 Å². The van der Waals surface area contributed by atoms with Crippen LogP contribution in [0.1, 0.15) is 48.4 Å². The standard InChI is InChI=1S/C29H25FN2O2/c1-18(29(33)34)16-19-10-12-22(13-11-19)27(23-14-15-25-24(17-23)28(30)32-31-25)26(21-8-5-9-21)20-6-3-2-4-7-20/h2-4,6-7,10-17,21H,5,8-9H2,1H3,(H,31,32)(H,33,34)/b18-16+,27-26?. The zero-order valence-electron chi connectivity index (χ0n) is 18.9. The molecule has 170 valence electrons. The molecule has 4 aromatic rings. The highest BCUT2D eigenvalue weighted by atomic mass is 19.1. The zero-order chi connectivity index (χ0) is 23.7. The molecule has 1 aliphatic carbocycles. The number of nitrogens with one attached hydrogen (secondary N) is 1. The lowest BCUT2D eigenvalue weighted by Crippen LogP contribution is -2.15. The first-order valence-electron chi connectivity index (χ1n) is 11.5. The fraction of sp³-hybridized carbons (Fsp3) is 0.172. The average Bonchev–Trinajstić information content (AvgIpc) is 3.19. The van der Waals surface area contributed by atoms with Crippen LogP contribution in [0, 0.1) is 11.9 Å². The van der Waals surface area contributed by atoms with Crippen LogP contribution in [0.3, 0.4) is 0 Å². The number of rotatable bonds is 6. The van der Waals surface area contributed by atoms with Gasteiger partial charge in [0, 0.05) is 5.57 Å². The zero-order valence-corrected chi connectivity index (χ0v) is 18.9. The van der Waals surface area contributed by atoms with E-state index in [0.717, 1.165) is 35.1 Å². The van der Waals surface area contributed by atoms with Gasteiger partial charge in [-0.15, -0.1) is 0 Å². The first kappa shape index (κ1) is 21.8. The van der Waals surface area contributed by atoms with Crippen molar-refractivity contribution in [2.24, 2.45) is 5.92 Å². The molecule has 1 heterocycles. The summed E-state index contributed by atoms with van der Waals surface area (Å²) in [6.07, 6.45) is 5.09. The molecule has 2 N–H and O–H groups in total. The summed E-state index contributed by atoms with van der Waals surface area (Å²) in [6.45, 7) is 1.58. The summed E-state index contributed by atoms with van der Waals surface area (Å²) in [7, 11) is 0. The van der Waals surface area contributed by atoms with Gasteiger partial charge in [0.15, 0.2) is 0 Å². The van der Waals surface area contributed by atoms with Crippen molar-refractivity contribution in [3.05, 3.63) is 107 Å². The Kier molecular flexibility index (Phi) is 5.84. The summed E-state index contributed by atoms with van der Waals surface area (Å²) in [5, 5.41) is 16.1. The molecule has 1 fully saturated rings. The van der Waals surface area contributed by atoms with E-state index in [-0.39, 0.29) is 5.57 Å². The van der Waals surface area contributed by atoms with Crippen molar-refractivity contribution in [1.82, 2.24) is 10.2 Å². The van der Waals surface area contributed by atoms with E-state index in [1.165, 1.54) is 17.6 Å². The summed E-state index contributed by atoms with van der Waals surface area (Å²) in [4.78, 5) is 11.2. The van der Waals surface area contributed by atoms with E-state index in [0.29, 0.717) is 16.8 Å². The Morgan fingerprint density at radius 2 is 1.71 bits per heavy atom. The Balaban J connectivity index is 1.73. The number of carboxylic acids is 1. The molecule has 0 bridgehead atoms. The molecule has 0 radical (unpaired) electrons. The first-order valence-corrected chi connectivity index (χ1v) is 11.5. The Morgan fingerprint density at radius 3 is 2.35 bits per heavy atom. The van der Waals surface area contributed by atoms with Crippen molar-refractivity contribution in [2.75, 3.05) is 0 Å². The van der Waals surface area contributed by atoms with Crippen molar-refractivity contribution in [3.63, 3.8) is 0 Å². The Hall–Kier alpha value is -3.99. The summed E-state index contributed by atoms with van der Waals surface area (Å²) in [5.41, 5.74) is 7.15. The summed E-state index contributed by atoms with van der Waals surface area (Å²) in [6, 6.07) is 24.0. The van der Waals surface area contributed by atoms with Crippen LogP contribution in [-0.4, -0.2) is 21.3 Å². The summed E-state index contributed by atoms with van der Waals surface area (Å²) >= 11 is 0. The van der Waals surface area contributed by atoms with E-state index >= 15 is 0 Å². The fourth-order valence-electron chi connectivity index (χ4n) is 4.57. The Bertz CT molecular complexity index is 1410. The number of nitrogens with zero attached hydrogens (tertiary/aromatic N) is 1. The summed E-state index contributed by atoms with van der Waals surface area (Å²) < 4.78 is 14.4. The Morgan fingerprint density at radius 1 is 1.00 bits per heavy atom. The molecule has 0 spiro atoms. The van der Waals surface area contributed by atoms with Crippen molar-refractivity contribution in [3.8, 4) is 0 Å². The van der Waals surface area contributed by atoms with Crippen LogP contribution in [0.15, 0.2) is 78.4 Å². The molecule has 1 aliphatic rings. The highest BCUT2D eigenvalue weighted by Gasteiger charge is 2.27. The first-order chi connectivity index (χ1) is 16.5. The van der Waals surface area contributed by atoms with Gasteiger partial charge in [0.1, 0.15) is 0 Å². The minimum atomic E-state index is -0.934. The van der Waals surface area contributed by atoms with Crippen LogP contribution in [0.25, 0.3) is 28.1 Å². The average molecular weight is 453 g/mol. The van der Waals surface area contributed by atoms with Crippen LogP contribution in [0.5, 0.6) is 0 Å². The van der Waals surface area contributed by atoms with Gasteiger partial charge in [0.2, 0.25) is 5.95 Å². The minimum Gasteiger partial charge on any atom is -0.478 e. The van der Waals surface area contributed by atoms with Crippen molar-refractivity contribution < 1.29 is 14.3 Å². The van der Waals surface area contributed by atoms with Crippen LogP contribution in [0.4, 0.5) is 4.39 Å². The van der Waals surface area contributed by atoms with Gasteiger partial charge in [-0.1, -0.05) is 67.1 Å². The molecule has 1 aromatic heterocycles. The molecule has 4 nitrogen and oxygen atoms in total. The predicted octanol–water partition coefficient (Wildman–Crippen LogP) is 6.95. The molecule has 5 rings (SSSR count). The number of H-pyrrole nitrogens is 1. The maximum absolute atomic E-state index is 14.4. The van der Waals surface area contributed by atoms with Gasteiger partial charge in [-0.05, 0) is 77.3 Å². The molecular formula is C29H25FN2O2. The molecule has 5 heteroatoms. The maximum Gasteiger partial charge on any atom is 0.331 e. The number of allylic oxidation sites excluding steroid dienone is 1. The van der Waals surface area contributed by atoms with E-state index in [9.17, 15) is 14.3 Å². The van der Waals surface area contributed by atoms with E-state index < -0.39 is 11.9 Å². The highest BCUT2D eigenvalue weighted by Crippen LogP contribution is 2.45. The third kappa shape index (κ3) is 4.17. The number of hydrogen-bond donors (Lipinski definition) is 2. The smallest absolute Gasteiger partial charge is 0.331 e. The number of hydrogen-bond acceptors (Lipinski definition) is 2. The van der Waals surface area contributed by atoms with Crippen molar-refractivity contribution in [1.29, 1.82) is 0 Å². The number of carboxylic acid groups (broad SMARTS) is 1. The number of fused-ring (bicyclic) bond motifs is 1. The molecule has 0 unspecified atom stereocenters. The number of aromatic amines is 1. The third-order valence-corrected chi connectivity index (χ3v) is 6.58. The quantitative estimate of drug-likeness (QED) is 0.246. The maximum atomic E-state index is 14.4. The minimum absolute atomic E-state index is 0.281. The number of carbonyl (C=O) groups is 1. The monoisotopic (exact) mass is 452 g/mol. The van der Waals surface area contributed by atoms with Gasteiger partial charge in [-0.25, -0.2) is 4.79 Å². The van der Waals surface area contributed by atoms with Gasteiger partial charge >= 0.3 is 5.97 Å². The largest absolute Gasteiger partial charge is 0.478 e. The molecule has 0 saturated heterocycles. The molecule has 0 aliphatic heterocycles. The van der Waals surface area contributed by atoms with Crippen molar-refractivity contribution >= 4 is 34.1 Å². The van der Waals surface area contributed by atoms with Crippen LogP contribution in [-0.2, 0) is 4.79 Å². The lowest BCUT2D eigenvalue weighted by atomic mass is 9.73. The molecule has 3 aromatic carbocycles. The Labute approximate surface area is 197 Å². The van der Waals surface area contributed by atoms with Gasteiger partial charge < -0.3 is 5.11 Å². The fourth-order valence-corrected chi connectivity index (χ4v) is 4.57. The molecule has 0 atom stereocenters. The topological polar surface area (TPSA) is 66.0 Å². The van der Waals surface area contributed by atoms with Gasteiger partial charge in [-0.2, -0.15) is 9.49 Å². The second-order valence-electron chi connectivity index (χ2n) is 8.81. The van der Waals surface area contributed by atoms with Gasteiger partial charge in [0.05, 0.1) is 10.9 Å². The number of aromatic nitrogens is 2. The molecule has 1 saturated carbocycles. The molecule has 0 amide bonds. The van der Waals surface area contributed by atoms with Crippen LogP contribution in [0.2, 0.25) is 0 Å². The molecule has 34 heavy (non-hydrogen) atoms. The van der Waals surface area contributed by atoms with E-state index in [1.807, 2.05) is 60.7 Å². The van der Waals surface area contributed by atoms with Gasteiger partial charge in [-0.3, -0.25) is 5.10 Å². The second kappa shape index (κ2) is 9.10. The normalized spacial score (nSPS) is 15.2. The number of halogens is 1. The number of benzene rings is 3. The lowest BCUT2D eigenvalue weighted by molar-refractivity contribution is -0.132. The third-order valence-electron chi connectivity index (χ3n) is 6.58. The SMILES string of the molecule is C/C(=C\c1ccc(C(=C(c2ccccc2)C2CCC2)c2ccc3n[nH]c(F)c3c2)cc1)C(=O)O. The highest BCUT2D eigenvalue weighted by molar-refractivity contribution is 6.01. The molecular weight excluding hydrogens is 427 g/mol. The lowest BCUT2D eigenvalue weighted by Gasteiger charge is -2.31. The number of aliphatic carboxylic acids is 1. The van der Waals surface area contributed by atoms with Gasteiger partial charge in [0.25, 0.3) is 0 Å². The van der Waals surface area contributed by atoms with E-state index in [4.69, 9.17) is 0 Å². The van der Waals surface area contributed by atoms with Crippen LogP contribution >= 0.6 is 0 Å². The summed E-state index contributed by atoms with van der Waals surface area (Å²) in [5.74, 6) is -0.946. The second-order valence-corrected chi connectivity index (χ2v) is 8.81. The van der Waals surface area contributed by atoms with Crippen molar-refractivity contribution in [2.45, 2.75) is 26.2 Å². The van der Waals surface area contributed by atoms with E-state index in [2.05, 4.69) is 22.3 Å². The van der Waals surface area contributed by atoms with Crippen LogP contribution < -0.4 is 0 Å². The predicted molar refractivity (Wildman–Crippen MR) is 133 cm³/mol.